The second-order valence-corrected chi connectivity index (χ2v) is 3.55. The van der Waals surface area contributed by atoms with Crippen molar-refractivity contribution < 1.29 is 4.79 Å². The van der Waals surface area contributed by atoms with E-state index in [1.807, 2.05) is 14.1 Å². The van der Waals surface area contributed by atoms with E-state index in [4.69, 9.17) is 18.0 Å². The highest BCUT2D eigenvalue weighted by molar-refractivity contribution is 7.80. The molecule has 0 saturated carbocycles. The van der Waals surface area contributed by atoms with E-state index in [-0.39, 0.29) is 12.3 Å². The molecule has 0 fully saturated rings. The zero-order chi connectivity index (χ0) is 11.8. The second-order valence-electron chi connectivity index (χ2n) is 3.16. The fourth-order valence-electron chi connectivity index (χ4n) is 0.950. The van der Waals surface area contributed by atoms with E-state index in [0.29, 0.717) is 18.2 Å². The minimum Gasteiger partial charge on any atom is -0.370 e. The average Bonchev–Trinajstić information content (AvgIpc) is 2.13. The normalized spacial score (nSPS) is 9.80. The molecule has 15 heavy (non-hydrogen) atoms. The number of nitrogens with two attached hydrogens (primary N) is 1. The van der Waals surface area contributed by atoms with Gasteiger partial charge in [0, 0.05) is 33.6 Å². The van der Waals surface area contributed by atoms with Crippen LogP contribution in [0.1, 0.15) is 6.42 Å². The Labute approximate surface area is 95.9 Å². The highest BCUT2D eigenvalue weighted by Gasteiger charge is 2.11. The minimum absolute atomic E-state index is 0.272. The van der Waals surface area contributed by atoms with Gasteiger partial charge in [-0.3, -0.25) is 9.80 Å². The Balaban J connectivity index is 4.18. The topological polar surface area (TPSA) is 61.6 Å². The summed E-state index contributed by atoms with van der Waals surface area (Å²) in [7, 11) is 3.70. The maximum atomic E-state index is 10.7. The zero-order valence-electron chi connectivity index (χ0n) is 9.19. The number of nitrogens with zero attached hydrogens (tertiary/aromatic N) is 2. The number of hydrazine groups is 1. The summed E-state index contributed by atoms with van der Waals surface area (Å²) in [6.45, 7) is 4.66. The van der Waals surface area contributed by atoms with Crippen molar-refractivity contribution in [1.29, 1.82) is 0 Å². The first-order valence-electron chi connectivity index (χ1n) is 4.60. The molecule has 0 aliphatic heterocycles. The molecule has 3 N–H and O–H groups in total. The van der Waals surface area contributed by atoms with Crippen molar-refractivity contribution in [2.45, 2.75) is 6.42 Å². The van der Waals surface area contributed by atoms with E-state index in [0.717, 1.165) is 0 Å². The van der Waals surface area contributed by atoms with Gasteiger partial charge in [-0.1, -0.05) is 6.08 Å². The van der Waals surface area contributed by atoms with Gasteiger partial charge < -0.3 is 11.1 Å². The summed E-state index contributed by atoms with van der Waals surface area (Å²) in [6, 6.07) is 0. The van der Waals surface area contributed by atoms with Crippen LogP contribution in [0.15, 0.2) is 12.7 Å². The predicted octanol–water partition coefficient (Wildman–Crippen LogP) is -0.299. The van der Waals surface area contributed by atoms with Crippen LogP contribution in [0.2, 0.25) is 0 Å². The standard InChI is InChI=1S/C9H18N4OS/c1-4-6-11-9(15)13(12(2)3)7-5-8(10)14/h4H,1,5-7H2,2-3H3,(H2,10,14)(H,11,15). The summed E-state index contributed by atoms with van der Waals surface area (Å²) < 4.78 is 0. The molecule has 0 heterocycles. The van der Waals surface area contributed by atoms with Crippen LogP contribution in [0.4, 0.5) is 0 Å². The summed E-state index contributed by atoms with van der Waals surface area (Å²) >= 11 is 5.14. The Morgan fingerprint density at radius 1 is 1.60 bits per heavy atom. The third-order valence-corrected chi connectivity index (χ3v) is 2.04. The minimum atomic E-state index is -0.339. The molecule has 0 aromatic carbocycles. The van der Waals surface area contributed by atoms with Crippen molar-refractivity contribution in [2.75, 3.05) is 27.2 Å². The van der Waals surface area contributed by atoms with Gasteiger partial charge in [0.05, 0.1) is 0 Å². The maximum absolute atomic E-state index is 10.7. The van der Waals surface area contributed by atoms with Gasteiger partial charge >= 0.3 is 0 Å². The van der Waals surface area contributed by atoms with Crippen molar-refractivity contribution in [1.82, 2.24) is 15.3 Å². The average molecular weight is 230 g/mol. The number of carbonyl (C=O) groups excluding carboxylic acids is 1. The van der Waals surface area contributed by atoms with Crippen LogP contribution in [0.5, 0.6) is 0 Å². The Hall–Kier alpha value is -1.14. The summed E-state index contributed by atoms with van der Waals surface area (Å²) in [5.41, 5.74) is 5.08. The van der Waals surface area contributed by atoms with Gasteiger partial charge in [0.1, 0.15) is 0 Å². The van der Waals surface area contributed by atoms with Gasteiger partial charge in [-0.05, 0) is 12.2 Å². The molecular weight excluding hydrogens is 212 g/mol. The molecule has 6 heteroatoms. The summed E-state index contributed by atoms with van der Waals surface area (Å²) in [5, 5.41) is 7.11. The van der Waals surface area contributed by atoms with Crippen LogP contribution in [0.25, 0.3) is 0 Å². The Morgan fingerprint density at radius 3 is 2.60 bits per heavy atom. The Bertz CT molecular complexity index is 242. The quantitative estimate of drug-likeness (QED) is 0.373. The van der Waals surface area contributed by atoms with Gasteiger partial charge in [-0.15, -0.1) is 6.58 Å². The van der Waals surface area contributed by atoms with Crippen molar-refractivity contribution >= 4 is 23.2 Å². The smallest absolute Gasteiger partial charge is 0.219 e. The third kappa shape index (κ3) is 6.03. The van der Waals surface area contributed by atoms with E-state index in [1.165, 1.54) is 0 Å². The van der Waals surface area contributed by atoms with E-state index < -0.39 is 0 Å². The Kier molecular flexibility index (Phi) is 6.64. The van der Waals surface area contributed by atoms with Crippen LogP contribution < -0.4 is 11.1 Å². The fourth-order valence-corrected chi connectivity index (χ4v) is 1.29. The SMILES string of the molecule is C=CCNC(=S)N(CCC(N)=O)N(C)C. The number of hydrogen-bond acceptors (Lipinski definition) is 3. The van der Waals surface area contributed by atoms with Crippen LogP contribution in [-0.2, 0) is 4.79 Å². The number of nitrogens with one attached hydrogen (secondary N) is 1. The van der Waals surface area contributed by atoms with Crippen LogP contribution >= 0.6 is 12.2 Å². The molecule has 0 unspecified atom stereocenters. The van der Waals surface area contributed by atoms with Gasteiger partial charge in [0.2, 0.25) is 5.91 Å². The highest BCUT2D eigenvalue weighted by Crippen LogP contribution is 1.95. The fraction of sp³-hybridized carbons (Fsp3) is 0.556. The summed E-state index contributed by atoms with van der Waals surface area (Å²) in [4.78, 5) is 10.7. The lowest BCUT2D eigenvalue weighted by molar-refractivity contribution is -0.118. The van der Waals surface area contributed by atoms with Crippen molar-refractivity contribution in [3.8, 4) is 0 Å². The predicted molar refractivity (Wildman–Crippen MR) is 65.0 cm³/mol. The number of primary amides is 1. The molecule has 0 saturated heterocycles. The molecule has 0 aliphatic carbocycles. The van der Waals surface area contributed by atoms with E-state index in [9.17, 15) is 4.79 Å². The number of hydrogen-bond donors (Lipinski definition) is 2. The van der Waals surface area contributed by atoms with Gasteiger partial charge in [-0.25, -0.2) is 5.01 Å². The van der Waals surface area contributed by atoms with Crippen LogP contribution in [0.3, 0.4) is 0 Å². The number of rotatable bonds is 6. The molecule has 0 radical (unpaired) electrons. The molecule has 86 valence electrons. The van der Waals surface area contributed by atoms with Gasteiger partial charge in [0.25, 0.3) is 0 Å². The molecule has 0 atom stereocenters. The van der Waals surface area contributed by atoms with Gasteiger partial charge in [0.15, 0.2) is 5.11 Å². The number of carbonyl (C=O) groups is 1. The summed E-state index contributed by atoms with van der Waals surface area (Å²) in [6.07, 6.45) is 1.99. The van der Waals surface area contributed by atoms with Crippen LogP contribution in [-0.4, -0.2) is 48.2 Å². The van der Waals surface area contributed by atoms with Crippen molar-refractivity contribution in [3.63, 3.8) is 0 Å². The first-order valence-corrected chi connectivity index (χ1v) is 5.01. The monoisotopic (exact) mass is 230 g/mol. The maximum Gasteiger partial charge on any atom is 0.219 e. The molecule has 0 spiro atoms. The van der Waals surface area contributed by atoms with Crippen molar-refractivity contribution in [3.05, 3.63) is 12.7 Å². The zero-order valence-corrected chi connectivity index (χ0v) is 10.0. The second kappa shape index (κ2) is 7.19. The molecule has 0 aromatic heterocycles. The van der Waals surface area contributed by atoms with E-state index in [2.05, 4.69) is 11.9 Å². The van der Waals surface area contributed by atoms with Crippen LogP contribution in [0, 0.1) is 0 Å². The molecule has 0 aliphatic rings. The van der Waals surface area contributed by atoms with E-state index >= 15 is 0 Å². The largest absolute Gasteiger partial charge is 0.370 e. The molecule has 0 aromatic rings. The molecule has 0 bridgehead atoms. The third-order valence-electron chi connectivity index (χ3n) is 1.68. The lowest BCUT2D eigenvalue weighted by Gasteiger charge is -2.30. The first kappa shape index (κ1) is 13.9. The summed E-state index contributed by atoms with van der Waals surface area (Å²) in [5.74, 6) is -0.339. The van der Waals surface area contributed by atoms with Crippen molar-refractivity contribution in [2.24, 2.45) is 5.73 Å². The lowest BCUT2D eigenvalue weighted by atomic mass is 10.4. The number of amides is 1. The van der Waals surface area contributed by atoms with Gasteiger partial charge in [-0.2, -0.15) is 0 Å². The first-order chi connectivity index (χ1) is 6.99. The lowest BCUT2D eigenvalue weighted by Crippen LogP contribution is -2.48. The number of thiocarbonyl (C=S) groups is 1. The van der Waals surface area contributed by atoms with E-state index in [1.54, 1.807) is 16.1 Å². The highest BCUT2D eigenvalue weighted by atomic mass is 32.1. The Morgan fingerprint density at radius 2 is 2.20 bits per heavy atom. The molecular formula is C9H18N4OS. The molecule has 1 amide bonds. The molecule has 0 rings (SSSR count). The molecule has 5 nitrogen and oxygen atoms in total.